The summed E-state index contributed by atoms with van der Waals surface area (Å²) in [6.07, 6.45) is 0.937. The van der Waals surface area contributed by atoms with Crippen LogP contribution in [0.4, 0.5) is 10.1 Å². The Balaban J connectivity index is 1.10. The van der Waals surface area contributed by atoms with Crippen LogP contribution >= 0.6 is 0 Å². The molecule has 13 nitrogen and oxygen atoms in total. The molecule has 0 saturated carbocycles. The van der Waals surface area contributed by atoms with Gasteiger partial charge >= 0.3 is 11.9 Å². The number of benzene rings is 5. The van der Waals surface area contributed by atoms with E-state index < -0.39 is 71.3 Å². The number of nitrogens with two attached hydrogens (primary N) is 2. The molecule has 4 amide bonds. The third kappa shape index (κ3) is 8.94. The number of anilines is 1. The highest BCUT2D eigenvalue weighted by atomic mass is 19.1. The number of hydrogen-bond donors (Lipinski definition) is 4. The van der Waals surface area contributed by atoms with Gasteiger partial charge in [-0.1, -0.05) is 109 Å². The average molecular weight is 868 g/mol. The van der Waals surface area contributed by atoms with Gasteiger partial charge in [-0.3, -0.25) is 28.8 Å². The van der Waals surface area contributed by atoms with Gasteiger partial charge < -0.3 is 36.4 Å². The van der Waals surface area contributed by atoms with Crippen molar-refractivity contribution >= 4 is 41.3 Å². The molecule has 64 heavy (non-hydrogen) atoms. The molecule has 330 valence electrons. The molecule has 0 aromatic heterocycles. The van der Waals surface area contributed by atoms with Crippen molar-refractivity contribution in [3.8, 4) is 0 Å². The van der Waals surface area contributed by atoms with Crippen LogP contribution in [0, 0.1) is 5.82 Å². The number of aliphatic carboxylic acids is 2. The molecule has 2 aliphatic heterocycles. The zero-order valence-corrected chi connectivity index (χ0v) is 35.1. The number of rotatable bonds is 17. The SMILES string of the molecule is NC(=O)[C@](CC(=O)O)(C(=O)N1CCC[C@H]1c1ccc(CN(Cc2ccc([C@@H]3CCCN3C(=O)[C@@](CC(=O)O)(C(N)=O)c3ccccc3)cc2)c2ccc(F)cc2)cc1)c1ccccc1. The van der Waals surface area contributed by atoms with E-state index in [4.69, 9.17) is 11.5 Å². The number of carboxylic acid groups (broad SMARTS) is 2. The van der Waals surface area contributed by atoms with Crippen molar-refractivity contribution in [2.24, 2.45) is 11.5 Å². The second-order valence-electron chi connectivity index (χ2n) is 16.5. The lowest BCUT2D eigenvalue weighted by Crippen LogP contribution is -2.55. The predicted octanol–water partition coefficient (Wildman–Crippen LogP) is 6.16. The molecule has 5 aromatic carbocycles. The van der Waals surface area contributed by atoms with E-state index in [1.165, 1.54) is 12.1 Å². The molecule has 2 heterocycles. The summed E-state index contributed by atoms with van der Waals surface area (Å²) in [4.78, 5) is 84.3. The maximum atomic E-state index is 14.4. The smallest absolute Gasteiger partial charge is 0.305 e. The zero-order chi connectivity index (χ0) is 45.6. The standard InChI is InChI=1S/C50H50FN5O8/c51-39-23-25-40(26-24-39)54(31-33-15-19-35(20-16-33)41-13-7-27-55(41)47(63)49(45(52)61,29-43(57)58)37-9-3-1-4-10-37)32-34-17-21-36(22-18-34)42-14-8-28-56(42)48(64)50(46(53)62,30-44(59)60)38-11-5-2-6-12-38/h1-6,9-12,15-26,41-42H,7-8,13-14,27-32H2,(H2,52,61)(H2,53,62)(H,57,58)(H,59,60)/t41-,42-,49+,50+/m0/s1. The summed E-state index contributed by atoms with van der Waals surface area (Å²) in [5, 5.41) is 19.7. The normalized spacial score (nSPS) is 17.8. The molecule has 5 aromatic rings. The number of nitrogens with zero attached hydrogens (tertiary/aromatic N) is 3. The topological polar surface area (TPSA) is 205 Å². The highest BCUT2D eigenvalue weighted by Crippen LogP contribution is 2.41. The molecule has 7 rings (SSSR count). The minimum atomic E-state index is -2.08. The maximum Gasteiger partial charge on any atom is 0.305 e. The molecule has 2 aliphatic rings. The monoisotopic (exact) mass is 867 g/mol. The van der Waals surface area contributed by atoms with Crippen LogP contribution in [0.15, 0.2) is 133 Å². The van der Waals surface area contributed by atoms with Crippen molar-refractivity contribution in [3.63, 3.8) is 0 Å². The zero-order valence-electron chi connectivity index (χ0n) is 35.1. The van der Waals surface area contributed by atoms with Gasteiger partial charge in [0, 0.05) is 31.9 Å². The van der Waals surface area contributed by atoms with Gasteiger partial charge in [-0.25, -0.2) is 4.39 Å². The van der Waals surface area contributed by atoms with Gasteiger partial charge in [0.05, 0.1) is 24.9 Å². The molecule has 4 atom stereocenters. The quantitative estimate of drug-likeness (QED) is 0.0790. The predicted molar refractivity (Wildman–Crippen MR) is 236 cm³/mol. The van der Waals surface area contributed by atoms with E-state index in [9.17, 15) is 43.4 Å². The molecule has 6 N–H and O–H groups in total. The number of carbonyl (C=O) groups excluding carboxylic acids is 4. The largest absolute Gasteiger partial charge is 0.481 e. The third-order valence-corrected chi connectivity index (χ3v) is 12.6. The minimum Gasteiger partial charge on any atom is -0.481 e. The number of carbonyl (C=O) groups is 6. The fourth-order valence-corrected chi connectivity index (χ4v) is 9.40. The fourth-order valence-electron chi connectivity index (χ4n) is 9.40. The second kappa shape index (κ2) is 19.0. The first-order chi connectivity index (χ1) is 30.7. The number of halogens is 1. The summed E-state index contributed by atoms with van der Waals surface area (Å²) in [6.45, 7) is 1.49. The molecule has 0 spiro atoms. The van der Waals surface area contributed by atoms with E-state index >= 15 is 0 Å². The first-order valence-corrected chi connectivity index (χ1v) is 21.2. The van der Waals surface area contributed by atoms with Crippen molar-refractivity contribution in [2.45, 2.75) is 74.5 Å². The Labute approximate surface area is 370 Å². The molecule has 0 radical (unpaired) electrons. The summed E-state index contributed by atoms with van der Waals surface area (Å²) in [5.74, 6) is -6.37. The number of primary amides is 2. The Hall–Kier alpha value is -7.35. The van der Waals surface area contributed by atoms with Crippen molar-refractivity contribution in [3.05, 3.63) is 173 Å². The molecule has 0 aliphatic carbocycles. The Morgan fingerprint density at radius 1 is 0.562 bits per heavy atom. The highest BCUT2D eigenvalue weighted by Gasteiger charge is 2.53. The Morgan fingerprint density at radius 3 is 1.28 bits per heavy atom. The van der Waals surface area contributed by atoms with Crippen molar-refractivity contribution in [1.82, 2.24) is 9.80 Å². The van der Waals surface area contributed by atoms with Gasteiger partial charge in [-0.15, -0.1) is 0 Å². The lowest BCUT2D eigenvalue weighted by atomic mass is 9.75. The van der Waals surface area contributed by atoms with Crippen molar-refractivity contribution in [2.75, 3.05) is 18.0 Å². The summed E-state index contributed by atoms with van der Waals surface area (Å²) in [6, 6.07) is 37.0. The van der Waals surface area contributed by atoms with Crippen LogP contribution in [-0.4, -0.2) is 68.7 Å². The van der Waals surface area contributed by atoms with Crippen LogP contribution in [0.5, 0.6) is 0 Å². The van der Waals surface area contributed by atoms with Crippen molar-refractivity contribution in [1.29, 1.82) is 0 Å². The van der Waals surface area contributed by atoms with Gasteiger partial charge in [-0.2, -0.15) is 0 Å². The fraction of sp³-hybridized carbons (Fsp3) is 0.280. The van der Waals surface area contributed by atoms with Crippen LogP contribution in [0.3, 0.4) is 0 Å². The number of carboxylic acids is 2. The van der Waals surface area contributed by atoms with Gasteiger partial charge in [0.15, 0.2) is 10.8 Å². The Morgan fingerprint density at radius 2 is 0.938 bits per heavy atom. The molecule has 0 bridgehead atoms. The van der Waals surface area contributed by atoms with Gasteiger partial charge in [0.2, 0.25) is 23.6 Å². The molecule has 14 heteroatoms. The second-order valence-corrected chi connectivity index (χ2v) is 16.5. The molecule has 0 unspecified atom stereocenters. The first kappa shape index (κ1) is 44.7. The average Bonchev–Trinajstić information content (AvgIpc) is 3.99. The minimum absolute atomic E-state index is 0.227. The summed E-state index contributed by atoms with van der Waals surface area (Å²) in [5.41, 5.74) is 12.3. The van der Waals surface area contributed by atoms with E-state index in [1.807, 2.05) is 48.5 Å². The van der Waals surface area contributed by atoms with Gasteiger partial charge in [0.1, 0.15) is 5.82 Å². The molecular weight excluding hydrogens is 818 g/mol. The Bertz CT molecular complexity index is 2350. The summed E-state index contributed by atoms with van der Waals surface area (Å²) in [7, 11) is 0. The third-order valence-electron chi connectivity index (χ3n) is 12.6. The van der Waals surface area contributed by atoms with E-state index in [0.717, 1.165) is 27.9 Å². The molecular formula is C50H50FN5O8. The molecule has 2 fully saturated rings. The van der Waals surface area contributed by atoms with Crippen LogP contribution in [-0.2, 0) is 52.7 Å². The van der Waals surface area contributed by atoms with Gasteiger partial charge in [0.25, 0.3) is 0 Å². The van der Waals surface area contributed by atoms with E-state index in [-0.39, 0.29) is 16.9 Å². The Kier molecular flexibility index (Phi) is 13.2. The van der Waals surface area contributed by atoms with E-state index in [2.05, 4.69) is 4.90 Å². The molecule has 2 saturated heterocycles. The first-order valence-electron chi connectivity index (χ1n) is 21.2. The number of amides is 4. The maximum absolute atomic E-state index is 14.4. The highest BCUT2D eigenvalue weighted by molar-refractivity contribution is 6.13. The summed E-state index contributed by atoms with van der Waals surface area (Å²) >= 11 is 0. The van der Waals surface area contributed by atoms with Crippen LogP contribution in [0.1, 0.15) is 84.0 Å². The van der Waals surface area contributed by atoms with E-state index in [0.29, 0.717) is 51.9 Å². The van der Waals surface area contributed by atoms with Crippen LogP contribution < -0.4 is 16.4 Å². The van der Waals surface area contributed by atoms with Crippen molar-refractivity contribution < 1.29 is 43.4 Å². The number of likely N-dealkylation sites (tertiary alicyclic amines) is 2. The van der Waals surface area contributed by atoms with Gasteiger partial charge in [-0.05, 0) is 83.3 Å². The lowest BCUT2D eigenvalue weighted by Gasteiger charge is -2.36. The van der Waals surface area contributed by atoms with Crippen LogP contribution in [0.25, 0.3) is 0 Å². The van der Waals surface area contributed by atoms with Crippen LogP contribution in [0.2, 0.25) is 0 Å². The number of hydrogen-bond acceptors (Lipinski definition) is 7. The lowest BCUT2D eigenvalue weighted by molar-refractivity contribution is -0.151. The summed E-state index contributed by atoms with van der Waals surface area (Å²) < 4.78 is 14.1. The van der Waals surface area contributed by atoms with E-state index in [1.54, 1.807) is 82.6 Å².